The van der Waals surface area contributed by atoms with Crippen LogP contribution in [0, 0.1) is 0 Å². The Balaban J connectivity index is 2.05. The number of hydrogen-bond acceptors (Lipinski definition) is 3. The van der Waals surface area contributed by atoms with E-state index in [0.29, 0.717) is 0 Å². The minimum atomic E-state index is -4.56. The molecule has 0 heterocycles. The van der Waals surface area contributed by atoms with Crippen molar-refractivity contribution >= 4 is 33.3 Å². The van der Waals surface area contributed by atoms with Gasteiger partial charge in [-0.2, -0.15) is 0 Å². The van der Waals surface area contributed by atoms with Crippen LogP contribution in [0.2, 0.25) is 0 Å². The molecule has 0 atom stereocenters. The van der Waals surface area contributed by atoms with Gasteiger partial charge in [0.1, 0.15) is 33.3 Å². The van der Waals surface area contributed by atoms with E-state index in [4.69, 9.17) is 0 Å². The molecule has 0 aliphatic rings. The highest BCUT2D eigenvalue weighted by molar-refractivity contribution is 7.95. The Bertz CT molecular complexity index is 1190. The molecule has 0 aliphatic carbocycles. The second-order valence-electron chi connectivity index (χ2n) is 7.08. The lowest BCUT2D eigenvalue weighted by Gasteiger charge is -2.28. The Morgan fingerprint density at radius 1 is 0.600 bits per heavy atom. The third-order valence-corrected chi connectivity index (χ3v) is 10.4. The molecule has 0 radical (unpaired) electrons. The summed E-state index contributed by atoms with van der Waals surface area (Å²) in [4.78, 5) is -0.190. The van der Waals surface area contributed by atoms with E-state index in [1.807, 2.05) is 60.7 Å². The van der Waals surface area contributed by atoms with E-state index in [1.54, 1.807) is 12.1 Å². The zero-order valence-electron chi connectivity index (χ0n) is 16.3. The lowest BCUT2D eigenvalue weighted by atomic mass is 10.2. The second-order valence-corrected chi connectivity index (χ2v) is 11.9. The topological polar surface area (TPSA) is 57.2 Å². The Morgan fingerprint density at radius 3 is 1.57 bits per heavy atom. The summed E-state index contributed by atoms with van der Waals surface area (Å²) in [5.74, 6) is 0. The molecule has 0 amide bonds. The molecule has 3 nitrogen and oxygen atoms in total. The van der Waals surface area contributed by atoms with E-state index < -0.39 is 17.4 Å². The highest BCUT2D eigenvalue weighted by atomic mass is 32.2. The van der Waals surface area contributed by atoms with Gasteiger partial charge in [-0.3, -0.25) is 0 Å². The second kappa shape index (κ2) is 8.53. The van der Waals surface area contributed by atoms with Crippen molar-refractivity contribution in [3.05, 3.63) is 121 Å². The SMILES string of the molecule is O=S(=O)([O-])c1cccc([P+](Cc2ccccc2)(c2ccccc2)c2ccccc2)c1. The summed E-state index contributed by atoms with van der Waals surface area (Å²) < 4.78 is 35.4. The molecular formula is C25H21O3PS. The molecule has 0 saturated heterocycles. The van der Waals surface area contributed by atoms with Crippen LogP contribution < -0.4 is 15.9 Å². The zero-order chi connectivity index (χ0) is 21.0. The van der Waals surface area contributed by atoms with Gasteiger partial charge in [0.05, 0.1) is 11.1 Å². The maximum atomic E-state index is 11.8. The van der Waals surface area contributed by atoms with Crippen molar-refractivity contribution in [1.29, 1.82) is 0 Å². The summed E-state index contributed by atoms with van der Waals surface area (Å²) in [6.07, 6.45) is 0.726. The number of benzene rings is 4. The van der Waals surface area contributed by atoms with Gasteiger partial charge in [0.15, 0.2) is 0 Å². The fourth-order valence-electron chi connectivity index (χ4n) is 3.82. The molecule has 150 valence electrons. The summed E-state index contributed by atoms with van der Waals surface area (Å²) in [5.41, 5.74) is 1.16. The van der Waals surface area contributed by atoms with E-state index in [-0.39, 0.29) is 4.90 Å². The first-order valence-corrected chi connectivity index (χ1v) is 13.0. The quantitative estimate of drug-likeness (QED) is 0.341. The van der Waals surface area contributed by atoms with E-state index >= 15 is 0 Å². The molecule has 0 saturated carbocycles. The van der Waals surface area contributed by atoms with Crippen molar-refractivity contribution in [2.24, 2.45) is 0 Å². The van der Waals surface area contributed by atoms with Crippen molar-refractivity contribution in [3.8, 4) is 0 Å². The predicted molar refractivity (Wildman–Crippen MR) is 123 cm³/mol. The van der Waals surface area contributed by atoms with Crippen molar-refractivity contribution < 1.29 is 13.0 Å². The lowest BCUT2D eigenvalue weighted by Crippen LogP contribution is -2.32. The van der Waals surface area contributed by atoms with E-state index in [0.717, 1.165) is 27.6 Å². The molecule has 5 heteroatoms. The molecule has 0 unspecified atom stereocenters. The highest BCUT2D eigenvalue weighted by Gasteiger charge is 2.45. The first-order chi connectivity index (χ1) is 14.5. The van der Waals surface area contributed by atoms with Crippen LogP contribution in [-0.2, 0) is 16.3 Å². The predicted octanol–water partition coefficient (Wildman–Crippen LogP) is 4.08. The van der Waals surface area contributed by atoms with Gasteiger partial charge < -0.3 is 4.55 Å². The van der Waals surface area contributed by atoms with Gasteiger partial charge in [-0.25, -0.2) is 8.42 Å². The van der Waals surface area contributed by atoms with Gasteiger partial charge in [0, 0.05) is 0 Å². The first-order valence-electron chi connectivity index (χ1n) is 9.60. The largest absolute Gasteiger partial charge is 0.744 e. The summed E-state index contributed by atoms with van der Waals surface area (Å²) in [6, 6.07) is 37.1. The van der Waals surface area contributed by atoms with Crippen molar-refractivity contribution in [3.63, 3.8) is 0 Å². The Hall–Kier alpha value is -2.78. The lowest BCUT2D eigenvalue weighted by molar-refractivity contribution is 0.463. The molecule has 4 aromatic carbocycles. The summed E-state index contributed by atoms with van der Waals surface area (Å²) >= 11 is 0. The van der Waals surface area contributed by atoms with Gasteiger partial charge >= 0.3 is 0 Å². The van der Waals surface area contributed by atoms with Crippen LogP contribution in [0.25, 0.3) is 0 Å². The smallest absolute Gasteiger partial charge is 0.124 e. The normalized spacial score (nSPS) is 11.9. The van der Waals surface area contributed by atoms with Crippen molar-refractivity contribution in [1.82, 2.24) is 0 Å². The molecule has 0 spiro atoms. The van der Waals surface area contributed by atoms with Crippen LogP contribution in [0.15, 0.2) is 120 Å². The molecular weight excluding hydrogens is 411 g/mol. The van der Waals surface area contributed by atoms with Gasteiger partial charge in [-0.15, -0.1) is 0 Å². The van der Waals surface area contributed by atoms with Gasteiger partial charge in [0.2, 0.25) is 0 Å². The maximum absolute atomic E-state index is 11.8. The summed E-state index contributed by atoms with van der Waals surface area (Å²) in [6.45, 7) is 0. The minimum Gasteiger partial charge on any atom is -0.744 e. The third-order valence-electron chi connectivity index (χ3n) is 5.20. The highest BCUT2D eigenvalue weighted by Crippen LogP contribution is 2.58. The molecule has 4 rings (SSSR count). The molecule has 4 aromatic rings. The van der Waals surface area contributed by atoms with Crippen LogP contribution in [0.1, 0.15) is 5.56 Å². The summed E-state index contributed by atoms with van der Waals surface area (Å²) in [7, 11) is -6.83. The van der Waals surface area contributed by atoms with Crippen LogP contribution in [-0.4, -0.2) is 13.0 Å². The molecule has 0 N–H and O–H groups in total. The van der Waals surface area contributed by atoms with E-state index in [9.17, 15) is 13.0 Å². The average Bonchev–Trinajstić information content (AvgIpc) is 2.79. The molecule has 0 aromatic heterocycles. The standard InChI is InChI=1S/C25H21O3PS/c26-30(27,28)25-18-10-17-24(19-25)29(22-13-6-2-7-14-22,23-15-8-3-9-16-23)20-21-11-4-1-5-12-21/h1-19H,20H2. The van der Waals surface area contributed by atoms with Gasteiger partial charge in [-0.1, -0.05) is 72.8 Å². The fourth-order valence-corrected chi connectivity index (χ4v) is 8.69. The summed E-state index contributed by atoms with van der Waals surface area (Å²) in [5, 5.41) is 3.15. The monoisotopic (exact) mass is 432 g/mol. The van der Waals surface area contributed by atoms with Crippen molar-refractivity contribution in [2.75, 3.05) is 0 Å². The molecule has 0 aliphatic heterocycles. The van der Waals surface area contributed by atoms with Crippen LogP contribution >= 0.6 is 7.26 Å². The van der Waals surface area contributed by atoms with Gasteiger partial charge in [0.25, 0.3) is 0 Å². The number of rotatable bonds is 6. The molecule has 30 heavy (non-hydrogen) atoms. The Morgan fingerprint density at radius 2 is 1.07 bits per heavy atom. The Labute approximate surface area is 178 Å². The zero-order valence-corrected chi connectivity index (χ0v) is 18.0. The Kier molecular flexibility index (Phi) is 5.83. The average molecular weight is 432 g/mol. The van der Waals surface area contributed by atoms with Crippen LogP contribution in [0.5, 0.6) is 0 Å². The van der Waals surface area contributed by atoms with Crippen molar-refractivity contribution in [2.45, 2.75) is 11.1 Å². The first kappa shape index (κ1) is 20.5. The van der Waals surface area contributed by atoms with E-state index in [1.165, 1.54) is 6.07 Å². The fraction of sp³-hybridized carbons (Fsp3) is 0.0400. The van der Waals surface area contributed by atoms with Crippen LogP contribution in [0.4, 0.5) is 0 Å². The minimum absolute atomic E-state index is 0.190. The van der Waals surface area contributed by atoms with E-state index in [2.05, 4.69) is 36.4 Å². The maximum Gasteiger partial charge on any atom is 0.124 e. The number of hydrogen-bond donors (Lipinski definition) is 0. The van der Waals surface area contributed by atoms with Gasteiger partial charge in [-0.05, 0) is 48.0 Å². The third kappa shape index (κ3) is 4.08. The molecule has 0 bridgehead atoms. The molecule has 0 fully saturated rings. The van der Waals surface area contributed by atoms with Crippen LogP contribution in [0.3, 0.4) is 0 Å².